The molecule has 0 amide bonds. The molecule has 0 heterocycles. The standard InChI is InChI=1S/C16H31N/c1-13-7-5-9-15(3,11-13)17-16(4)10-6-8-14(2)12-16/h13-14,17H,5-12H2,1-4H3. The Bertz CT molecular complexity index is 236. The molecule has 0 saturated heterocycles. The second kappa shape index (κ2) is 4.91. The van der Waals surface area contributed by atoms with Crippen LogP contribution in [0.3, 0.4) is 0 Å². The van der Waals surface area contributed by atoms with E-state index in [4.69, 9.17) is 0 Å². The van der Waals surface area contributed by atoms with Gasteiger partial charge in [0.05, 0.1) is 0 Å². The molecular weight excluding hydrogens is 206 g/mol. The van der Waals surface area contributed by atoms with E-state index in [2.05, 4.69) is 33.0 Å². The van der Waals surface area contributed by atoms with Crippen LogP contribution in [0.4, 0.5) is 0 Å². The molecule has 0 aromatic heterocycles. The smallest absolute Gasteiger partial charge is 0.0160 e. The summed E-state index contributed by atoms with van der Waals surface area (Å²) < 4.78 is 0. The lowest BCUT2D eigenvalue weighted by Crippen LogP contribution is -2.58. The molecule has 100 valence electrons. The minimum absolute atomic E-state index is 0.406. The molecule has 2 saturated carbocycles. The summed E-state index contributed by atoms with van der Waals surface area (Å²) in [7, 11) is 0. The van der Waals surface area contributed by atoms with E-state index in [0.717, 1.165) is 11.8 Å². The first-order chi connectivity index (χ1) is 7.91. The van der Waals surface area contributed by atoms with Crippen LogP contribution in [0, 0.1) is 11.8 Å². The van der Waals surface area contributed by atoms with Gasteiger partial charge in [0.15, 0.2) is 0 Å². The summed E-state index contributed by atoms with van der Waals surface area (Å²) in [6.45, 7) is 9.77. The molecule has 0 aromatic rings. The van der Waals surface area contributed by atoms with Crippen molar-refractivity contribution in [2.24, 2.45) is 11.8 Å². The maximum Gasteiger partial charge on any atom is 0.0160 e. The van der Waals surface area contributed by atoms with Gasteiger partial charge in [-0.05, 0) is 51.4 Å². The minimum Gasteiger partial charge on any atom is -0.306 e. The summed E-state index contributed by atoms with van der Waals surface area (Å²) in [6.07, 6.45) is 11.2. The zero-order chi connectivity index (χ0) is 12.5. The third kappa shape index (κ3) is 3.47. The fourth-order valence-corrected chi connectivity index (χ4v) is 4.58. The maximum absolute atomic E-state index is 4.07. The molecule has 4 atom stereocenters. The van der Waals surface area contributed by atoms with Gasteiger partial charge in [-0.2, -0.15) is 0 Å². The van der Waals surface area contributed by atoms with Gasteiger partial charge >= 0.3 is 0 Å². The molecule has 2 aliphatic rings. The van der Waals surface area contributed by atoms with Crippen LogP contribution in [-0.4, -0.2) is 11.1 Å². The summed E-state index contributed by atoms with van der Waals surface area (Å²) in [6, 6.07) is 0. The molecule has 2 rings (SSSR count). The van der Waals surface area contributed by atoms with Gasteiger partial charge in [-0.1, -0.05) is 39.5 Å². The van der Waals surface area contributed by atoms with Crippen LogP contribution in [0.25, 0.3) is 0 Å². The van der Waals surface area contributed by atoms with E-state index >= 15 is 0 Å². The zero-order valence-corrected chi connectivity index (χ0v) is 12.3. The van der Waals surface area contributed by atoms with Gasteiger partial charge in [-0.25, -0.2) is 0 Å². The number of nitrogens with one attached hydrogen (secondary N) is 1. The number of hydrogen-bond acceptors (Lipinski definition) is 1. The van der Waals surface area contributed by atoms with Gasteiger partial charge in [0.2, 0.25) is 0 Å². The molecule has 2 aliphatic carbocycles. The molecule has 2 fully saturated rings. The van der Waals surface area contributed by atoms with Crippen LogP contribution in [0.5, 0.6) is 0 Å². The Kier molecular flexibility index (Phi) is 3.87. The van der Waals surface area contributed by atoms with Gasteiger partial charge < -0.3 is 5.32 Å². The van der Waals surface area contributed by atoms with E-state index in [1.807, 2.05) is 0 Å². The Hall–Kier alpha value is -0.0400. The van der Waals surface area contributed by atoms with Crippen molar-refractivity contribution in [3.8, 4) is 0 Å². The van der Waals surface area contributed by atoms with Crippen molar-refractivity contribution in [3.05, 3.63) is 0 Å². The Balaban J connectivity index is 1.98. The summed E-state index contributed by atoms with van der Waals surface area (Å²) in [4.78, 5) is 0. The second-order valence-electron chi connectivity index (χ2n) is 7.65. The minimum atomic E-state index is 0.406. The van der Waals surface area contributed by atoms with Crippen molar-refractivity contribution in [2.75, 3.05) is 0 Å². The highest BCUT2D eigenvalue weighted by Gasteiger charge is 2.38. The molecule has 0 bridgehead atoms. The molecule has 1 heteroatoms. The Morgan fingerprint density at radius 3 is 1.59 bits per heavy atom. The molecule has 0 spiro atoms. The average molecular weight is 237 g/mol. The van der Waals surface area contributed by atoms with Crippen molar-refractivity contribution in [3.63, 3.8) is 0 Å². The van der Waals surface area contributed by atoms with E-state index in [1.54, 1.807) is 0 Å². The van der Waals surface area contributed by atoms with Crippen LogP contribution in [0.15, 0.2) is 0 Å². The highest BCUT2D eigenvalue weighted by molar-refractivity contribution is 4.98. The quantitative estimate of drug-likeness (QED) is 0.745. The van der Waals surface area contributed by atoms with Crippen molar-refractivity contribution in [1.82, 2.24) is 5.32 Å². The molecule has 4 unspecified atom stereocenters. The first-order valence-electron chi connectivity index (χ1n) is 7.70. The Morgan fingerprint density at radius 2 is 1.24 bits per heavy atom. The lowest BCUT2D eigenvalue weighted by atomic mass is 9.72. The Labute approximate surface area is 108 Å². The molecule has 0 aromatic carbocycles. The summed E-state index contributed by atoms with van der Waals surface area (Å²) in [5, 5.41) is 4.07. The largest absolute Gasteiger partial charge is 0.306 e. The van der Waals surface area contributed by atoms with Gasteiger partial charge in [-0.15, -0.1) is 0 Å². The molecule has 0 aliphatic heterocycles. The van der Waals surface area contributed by atoms with Crippen molar-refractivity contribution in [1.29, 1.82) is 0 Å². The van der Waals surface area contributed by atoms with Crippen LogP contribution in [0.1, 0.15) is 79.1 Å². The summed E-state index contributed by atoms with van der Waals surface area (Å²) in [5.41, 5.74) is 0.812. The molecule has 1 nitrogen and oxygen atoms in total. The molecular formula is C16H31N. The first-order valence-corrected chi connectivity index (χ1v) is 7.70. The molecule has 0 radical (unpaired) electrons. The monoisotopic (exact) mass is 237 g/mol. The summed E-state index contributed by atoms with van der Waals surface area (Å²) in [5.74, 6) is 1.82. The van der Waals surface area contributed by atoms with Crippen LogP contribution in [-0.2, 0) is 0 Å². The average Bonchev–Trinajstić information content (AvgIpc) is 2.14. The highest BCUT2D eigenvalue weighted by Crippen LogP contribution is 2.38. The van der Waals surface area contributed by atoms with Crippen LogP contribution >= 0.6 is 0 Å². The molecule has 17 heavy (non-hydrogen) atoms. The fourth-order valence-electron chi connectivity index (χ4n) is 4.58. The van der Waals surface area contributed by atoms with E-state index in [0.29, 0.717) is 11.1 Å². The topological polar surface area (TPSA) is 12.0 Å². The lowest BCUT2D eigenvalue weighted by Gasteiger charge is -2.48. The van der Waals surface area contributed by atoms with E-state index in [9.17, 15) is 0 Å². The number of hydrogen-bond donors (Lipinski definition) is 1. The normalized spacial score (nSPS) is 48.0. The van der Waals surface area contributed by atoms with E-state index in [-0.39, 0.29) is 0 Å². The van der Waals surface area contributed by atoms with Gasteiger partial charge in [0.1, 0.15) is 0 Å². The van der Waals surface area contributed by atoms with Gasteiger partial charge in [0, 0.05) is 11.1 Å². The van der Waals surface area contributed by atoms with Crippen molar-refractivity contribution in [2.45, 2.75) is 90.1 Å². The predicted octanol–water partition coefficient (Wildman–Crippen LogP) is 4.51. The van der Waals surface area contributed by atoms with E-state index in [1.165, 1.54) is 51.4 Å². The first kappa shape index (κ1) is 13.4. The van der Waals surface area contributed by atoms with Crippen molar-refractivity contribution >= 4 is 0 Å². The Morgan fingerprint density at radius 1 is 0.824 bits per heavy atom. The van der Waals surface area contributed by atoms with E-state index < -0.39 is 0 Å². The zero-order valence-electron chi connectivity index (χ0n) is 12.3. The van der Waals surface area contributed by atoms with Gasteiger partial charge in [-0.3, -0.25) is 0 Å². The third-order valence-electron chi connectivity index (χ3n) is 5.05. The van der Waals surface area contributed by atoms with Crippen LogP contribution in [0.2, 0.25) is 0 Å². The van der Waals surface area contributed by atoms with Gasteiger partial charge in [0.25, 0.3) is 0 Å². The van der Waals surface area contributed by atoms with Crippen LogP contribution < -0.4 is 5.32 Å². The fraction of sp³-hybridized carbons (Fsp3) is 1.00. The molecule has 1 N–H and O–H groups in total. The van der Waals surface area contributed by atoms with Crippen molar-refractivity contribution < 1.29 is 0 Å². The highest BCUT2D eigenvalue weighted by atomic mass is 15.0. The number of rotatable bonds is 2. The predicted molar refractivity (Wildman–Crippen MR) is 75.2 cm³/mol. The lowest BCUT2D eigenvalue weighted by molar-refractivity contribution is 0.109. The second-order valence-corrected chi connectivity index (χ2v) is 7.65. The maximum atomic E-state index is 4.07. The third-order valence-corrected chi connectivity index (χ3v) is 5.05. The SMILES string of the molecule is CC1CCCC(C)(NC2(C)CCCC(C)C2)C1. The summed E-state index contributed by atoms with van der Waals surface area (Å²) >= 11 is 0.